The number of carbonyl (C=O) groups excluding carboxylic acids is 1. The van der Waals surface area contributed by atoms with Gasteiger partial charge in [0.25, 0.3) is 0 Å². The highest BCUT2D eigenvalue weighted by Gasteiger charge is 2.27. The van der Waals surface area contributed by atoms with Crippen molar-refractivity contribution in [2.45, 2.75) is 25.7 Å². The number of sulfonamides is 1. The van der Waals surface area contributed by atoms with Crippen LogP contribution in [0.2, 0.25) is 5.02 Å². The topological polar surface area (TPSA) is 106 Å². The molecular formula is C13H20ClN3O3S. The molecule has 1 aromatic rings. The number of nitrogens with zero attached hydrogens (tertiary/aromatic N) is 1. The minimum atomic E-state index is -3.88. The maximum atomic E-state index is 12.6. The first-order chi connectivity index (χ1) is 9.55. The maximum absolute atomic E-state index is 12.6. The molecule has 0 aliphatic carbocycles. The molecule has 0 radical (unpaired) electrons. The molecule has 0 unspecified atom stereocenters. The summed E-state index contributed by atoms with van der Waals surface area (Å²) < 4.78 is 26.3. The van der Waals surface area contributed by atoms with E-state index in [2.05, 4.69) is 0 Å². The number of anilines is 1. The summed E-state index contributed by atoms with van der Waals surface area (Å²) in [6.45, 7) is 5.19. The minimum Gasteiger partial charge on any atom is -0.398 e. The van der Waals surface area contributed by atoms with E-state index in [0.717, 1.165) is 4.31 Å². The van der Waals surface area contributed by atoms with Crippen LogP contribution in [0.1, 0.15) is 19.4 Å². The Hall–Kier alpha value is -1.31. The van der Waals surface area contributed by atoms with Crippen molar-refractivity contribution in [3.63, 3.8) is 0 Å². The number of halogens is 1. The van der Waals surface area contributed by atoms with E-state index in [4.69, 9.17) is 23.1 Å². The molecule has 0 heterocycles. The summed E-state index contributed by atoms with van der Waals surface area (Å²) >= 11 is 5.99. The smallest absolute Gasteiger partial charge is 0.243 e. The van der Waals surface area contributed by atoms with Gasteiger partial charge in [-0.05, 0) is 30.5 Å². The third-order valence-electron chi connectivity index (χ3n) is 2.90. The number of carbonyl (C=O) groups is 1. The van der Waals surface area contributed by atoms with Crippen LogP contribution in [0.3, 0.4) is 0 Å². The average Bonchev–Trinajstić information content (AvgIpc) is 2.33. The molecule has 118 valence electrons. The predicted molar refractivity (Wildman–Crippen MR) is 83.4 cm³/mol. The Balaban J connectivity index is 3.31. The molecule has 1 aromatic carbocycles. The van der Waals surface area contributed by atoms with Crippen molar-refractivity contribution in [2.24, 2.45) is 11.7 Å². The zero-order valence-electron chi connectivity index (χ0n) is 12.3. The molecule has 0 bridgehead atoms. The molecule has 4 N–H and O–H groups in total. The normalized spacial score (nSPS) is 12.1. The van der Waals surface area contributed by atoms with Crippen LogP contribution in [0.5, 0.6) is 0 Å². The molecule has 0 aromatic heterocycles. The van der Waals surface area contributed by atoms with Crippen molar-refractivity contribution < 1.29 is 13.2 Å². The van der Waals surface area contributed by atoms with E-state index in [0.29, 0.717) is 5.56 Å². The molecule has 0 aliphatic rings. The summed E-state index contributed by atoms with van der Waals surface area (Å²) in [6.07, 6.45) is 0. The summed E-state index contributed by atoms with van der Waals surface area (Å²) in [7, 11) is -3.88. The van der Waals surface area contributed by atoms with Crippen LogP contribution in [0.4, 0.5) is 5.69 Å². The van der Waals surface area contributed by atoms with Crippen molar-refractivity contribution in [2.75, 3.05) is 18.8 Å². The molecule has 8 heteroatoms. The monoisotopic (exact) mass is 333 g/mol. The van der Waals surface area contributed by atoms with Gasteiger partial charge in [-0.1, -0.05) is 25.4 Å². The molecule has 1 amide bonds. The Morgan fingerprint density at radius 3 is 2.38 bits per heavy atom. The lowest BCUT2D eigenvalue weighted by atomic mass is 10.2. The lowest BCUT2D eigenvalue weighted by Crippen LogP contribution is -2.40. The van der Waals surface area contributed by atoms with E-state index in [9.17, 15) is 13.2 Å². The van der Waals surface area contributed by atoms with Crippen LogP contribution in [0, 0.1) is 12.8 Å². The summed E-state index contributed by atoms with van der Waals surface area (Å²) in [6, 6.07) is 2.67. The van der Waals surface area contributed by atoms with Gasteiger partial charge in [-0.2, -0.15) is 4.31 Å². The molecule has 0 fully saturated rings. The van der Waals surface area contributed by atoms with Gasteiger partial charge < -0.3 is 11.5 Å². The summed E-state index contributed by atoms with van der Waals surface area (Å²) in [5.41, 5.74) is 11.8. The zero-order valence-corrected chi connectivity index (χ0v) is 13.8. The van der Waals surface area contributed by atoms with E-state index in [-0.39, 0.29) is 34.6 Å². The van der Waals surface area contributed by atoms with Gasteiger partial charge in [0.1, 0.15) is 0 Å². The zero-order chi connectivity index (χ0) is 16.4. The predicted octanol–water partition coefficient (Wildman–Crippen LogP) is 1.36. The Bertz CT molecular complexity index is 621. The number of primary amides is 1. The van der Waals surface area contributed by atoms with Crippen LogP contribution in [-0.2, 0) is 14.8 Å². The number of nitrogens with two attached hydrogens (primary N) is 2. The van der Waals surface area contributed by atoms with Crippen LogP contribution in [-0.4, -0.2) is 31.7 Å². The summed E-state index contributed by atoms with van der Waals surface area (Å²) in [5.74, 6) is -0.678. The van der Waals surface area contributed by atoms with Gasteiger partial charge in [-0.25, -0.2) is 8.42 Å². The highest BCUT2D eigenvalue weighted by Crippen LogP contribution is 2.28. The number of nitrogen functional groups attached to an aromatic ring is 1. The number of rotatable bonds is 6. The van der Waals surface area contributed by atoms with Gasteiger partial charge in [0.2, 0.25) is 15.9 Å². The number of benzene rings is 1. The average molecular weight is 334 g/mol. The minimum absolute atomic E-state index is 0.0393. The van der Waals surface area contributed by atoms with E-state index in [1.54, 1.807) is 6.92 Å². The van der Waals surface area contributed by atoms with Crippen LogP contribution < -0.4 is 11.5 Å². The lowest BCUT2D eigenvalue weighted by molar-refractivity contribution is -0.118. The van der Waals surface area contributed by atoms with E-state index in [1.165, 1.54) is 12.1 Å². The Morgan fingerprint density at radius 1 is 1.38 bits per heavy atom. The van der Waals surface area contributed by atoms with Gasteiger partial charge in [0.15, 0.2) is 0 Å². The van der Waals surface area contributed by atoms with Gasteiger partial charge >= 0.3 is 0 Å². The molecule has 0 saturated carbocycles. The largest absolute Gasteiger partial charge is 0.398 e. The van der Waals surface area contributed by atoms with Crippen molar-refractivity contribution in [1.82, 2.24) is 4.31 Å². The highest BCUT2D eigenvalue weighted by molar-refractivity contribution is 7.89. The maximum Gasteiger partial charge on any atom is 0.243 e. The van der Waals surface area contributed by atoms with Gasteiger partial charge in [-0.15, -0.1) is 0 Å². The van der Waals surface area contributed by atoms with Crippen molar-refractivity contribution in [3.05, 3.63) is 22.7 Å². The van der Waals surface area contributed by atoms with Gasteiger partial charge in [0.05, 0.1) is 11.4 Å². The lowest BCUT2D eigenvalue weighted by Gasteiger charge is -2.23. The van der Waals surface area contributed by atoms with Crippen LogP contribution in [0.25, 0.3) is 0 Å². The number of hydrogen-bond acceptors (Lipinski definition) is 4. The standard InChI is InChI=1S/C13H20ClN3O3S/c1-8(2)6-17(7-13(16)18)21(19,20)10-4-11(14)9(3)12(15)5-10/h4-5,8H,6-7,15H2,1-3H3,(H2,16,18). The third kappa shape index (κ3) is 4.33. The Labute approximate surface area is 130 Å². The second-order valence-corrected chi connectivity index (χ2v) is 7.62. The van der Waals surface area contributed by atoms with Crippen molar-refractivity contribution >= 4 is 33.2 Å². The molecule has 0 spiro atoms. The van der Waals surface area contributed by atoms with Crippen LogP contribution >= 0.6 is 11.6 Å². The highest BCUT2D eigenvalue weighted by atomic mass is 35.5. The molecule has 0 saturated heterocycles. The van der Waals surface area contributed by atoms with E-state index < -0.39 is 15.9 Å². The quantitative estimate of drug-likeness (QED) is 0.766. The fraction of sp³-hybridized carbons (Fsp3) is 0.462. The second-order valence-electron chi connectivity index (χ2n) is 5.28. The second kappa shape index (κ2) is 6.64. The van der Waals surface area contributed by atoms with Crippen LogP contribution in [0.15, 0.2) is 17.0 Å². The number of hydrogen-bond donors (Lipinski definition) is 2. The first-order valence-electron chi connectivity index (χ1n) is 6.39. The fourth-order valence-corrected chi connectivity index (χ4v) is 3.72. The van der Waals surface area contributed by atoms with Crippen molar-refractivity contribution in [1.29, 1.82) is 0 Å². The van der Waals surface area contributed by atoms with Crippen molar-refractivity contribution in [3.8, 4) is 0 Å². The molecule has 0 atom stereocenters. The van der Waals surface area contributed by atoms with E-state index in [1.807, 2.05) is 13.8 Å². The third-order valence-corrected chi connectivity index (χ3v) is 5.08. The SMILES string of the molecule is Cc1c(N)cc(S(=O)(=O)N(CC(N)=O)CC(C)C)cc1Cl. The molecular weight excluding hydrogens is 314 g/mol. The molecule has 21 heavy (non-hydrogen) atoms. The summed E-state index contributed by atoms with van der Waals surface area (Å²) in [5, 5.41) is 0.261. The Kier molecular flexibility index (Phi) is 5.61. The Morgan fingerprint density at radius 2 is 1.95 bits per heavy atom. The molecule has 1 rings (SSSR count). The molecule has 6 nitrogen and oxygen atoms in total. The number of amides is 1. The first-order valence-corrected chi connectivity index (χ1v) is 8.21. The fourth-order valence-electron chi connectivity index (χ4n) is 1.80. The first kappa shape index (κ1) is 17.7. The summed E-state index contributed by atoms with van der Waals surface area (Å²) in [4.78, 5) is 11.1. The van der Waals surface area contributed by atoms with E-state index >= 15 is 0 Å². The molecule has 0 aliphatic heterocycles. The van der Waals surface area contributed by atoms with Gasteiger partial charge in [0, 0.05) is 17.3 Å². The van der Waals surface area contributed by atoms with Gasteiger partial charge in [-0.3, -0.25) is 4.79 Å².